The van der Waals surface area contributed by atoms with Crippen LogP contribution >= 0.6 is 0 Å². The van der Waals surface area contributed by atoms with Gasteiger partial charge in [0.1, 0.15) is 11.4 Å². The number of likely N-dealkylation sites (N-methyl/N-ethyl adjacent to an activating group) is 1. The Bertz CT molecular complexity index is 1540. The second-order valence-corrected chi connectivity index (χ2v) is 9.65. The summed E-state index contributed by atoms with van der Waals surface area (Å²) in [5.41, 5.74) is 4.43. The second-order valence-electron chi connectivity index (χ2n) is 9.65. The molecule has 1 aliphatic rings. The normalized spacial score (nSPS) is 14.4. The van der Waals surface area contributed by atoms with Gasteiger partial charge in [0.2, 0.25) is 0 Å². The number of amides is 1. The lowest BCUT2D eigenvalue weighted by Crippen LogP contribution is -2.44. The first-order valence-electron chi connectivity index (χ1n) is 12.5. The lowest BCUT2D eigenvalue weighted by atomic mass is 10.1. The first kappa shape index (κ1) is 27.1. The zero-order valence-electron chi connectivity index (χ0n) is 22.4. The minimum atomic E-state index is -4.89. The topological polar surface area (TPSA) is 106 Å². The molecule has 0 atom stereocenters. The molecule has 210 valence electrons. The molecular formula is C26H28F3N9O2. The van der Waals surface area contributed by atoms with Gasteiger partial charge in [0.25, 0.3) is 5.91 Å². The summed E-state index contributed by atoms with van der Waals surface area (Å²) >= 11 is 0. The molecule has 0 spiro atoms. The van der Waals surface area contributed by atoms with Gasteiger partial charge in [-0.25, -0.2) is 4.68 Å². The summed E-state index contributed by atoms with van der Waals surface area (Å²) in [6.45, 7) is 6.42. The number of carbonyl (C=O) groups excluding carboxylic acids is 1. The third kappa shape index (κ3) is 5.91. The van der Waals surface area contributed by atoms with Gasteiger partial charge in [-0.1, -0.05) is 5.21 Å². The molecule has 1 fully saturated rings. The van der Waals surface area contributed by atoms with Crippen molar-refractivity contribution in [3.63, 3.8) is 0 Å². The van der Waals surface area contributed by atoms with Crippen molar-refractivity contribution in [2.45, 2.75) is 20.2 Å². The third-order valence-electron chi connectivity index (χ3n) is 6.82. The molecule has 0 unspecified atom stereocenters. The van der Waals surface area contributed by atoms with Crippen LogP contribution in [0.1, 0.15) is 21.7 Å². The van der Waals surface area contributed by atoms with Crippen LogP contribution in [-0.4, -0.2) is 80.2 Å². The van der Waals surface area contributed by atoms with E-state index in [2.05, 4.69) is 35.3 Å². The fraction of sp³-hybridized carbons (Fsp3) is 0.346. The van der Waals surface area contributed by atoms with E-state index in [0.717, 1.165) is 30.4 Å². The molecule has 1 aliphatic heterocycles. The second kappa shape index (κ2) is 10.6. The monoisotopic (exact) mass is 555 g/mol. The quantitative estimate of drug-likeness (QED) is 0.385. The number of benzene rings is 1. The van der Waals surface area contributed by atoms with E-state index in [1.165, 1.54) is 12.3 Å². The summed E-state index contributed by atoms with van der Waals surface area (Å²) < 4.78 is 46.6. The molecule has 0 radical (unpaired) electrons. The Labute approximate surface area is 228 Å². The number of halogens is 3. The van der Waals surface area contributed by atoms with E-state index in [-0.39, 0.29) is 5.56 Å². The molecule has 4 heterocycles. The molecule has 1 N–H and O–H groups in total. The van der Waals surface area contributed by atoms with Crippen molar-refractivity contribution >= 4 is 17.3 Å². The van der Waals surface area contributed by atoms with Crippen LogP contribution in [0.5, 0.6) is 5.75 Å². The number of ether oxygens (including phenoxy) is 1. The Morgan fingerprint density at radius 1 is 1.02 bits per heavy atom. The Hall–Kier alpha value is -4.46. The van der Waals surface area contributed by atoms with Crippen molar-refractivity contribution in [2.24, 2.45) is 7.05 Å². The average molecular weight is 556 g/mol. The van der Waals surface area contributed by atoms with Crippen molar-refractivity contribution < 1.29 is 22.7 Å². The predicted octanol–water partition coefficient (Wildman–Crippen LogP) is 3.58. The third-order valence-corrected chi connectivity index (χ3v) is 6.82. The summed E-state index contributed by atoms with van der Waals surface area (Å²) in [5.74, 6) is -1.07. The van der Waals surface area contributed by atoms with Crippen LogP contribution < -0.4 is 15.0 Å². The van der Waals surface area contributed by atoms with E-state index < -0.39 is 18.0 Å². The Morgan fingerprint density at radius 3 is 2.45 bits per heavy atom. The van der Waals surface area contributed by atoms with Crippen molar-refractivity contribution in [1.82, 2.24) is 34.7 Å². The predicted molar refractivity (Wildman–Crippen MR) is 142 cm³/mol. The zero-order valence-corrected chi connectivity index (χ0v) is 22.4. The van der Waals surface area contributed by atoms with E-state index in [4.69, 9.17) is 0 Å². The number of aryl methyl sites for hydroxylation is 2. The summed E-state index contributed by atoms with van der Waals surface area (Å²) in [7, 11) is 3.81. The molecule has 1 saturated heterocycles. The van der Waals surface area contributed by atoms with Crippen LogP contribution in [0.3, 0.4) is 0 Å². The number of rotatable bonds is 6. The number of hydrogen-bond donors (Lipinski definition) is 1. The van der Waals surface area contributed by atoms with Gasteiger partial charge in [0.05, 0.1) is 35.7 Å². The smallest absolute Gasteiger partial charge is 0.406 e. The average Bonchev–Trinajstić information content (AvgIpc) is 3.51. The van der Waals surface area contributed by atoms with Gasteiger partial charge in [-0.2, -0.15) is 5.10 Å². The summed E-state index contributed by atoms with van der Waals surface area (Å²) in [5, 5.41) is 15.4. The highest BCUT2D eigenvalue weighted by Gasteiger charge is 2.32. The molecule has 40 heavy (non-hydrogen) atoms. The minimum absolute atomic E-state index is 0.0212. The summed E-state index contributed by atoms with van der Waals surface area (Å²) in [6, 6.07) is 5.61. The van der Waals surface area contributed by atoms with Crippen molar-refractivity contribution in [1.29, 1.82) is 0 Å². The van der Waals surface area contributed by atoms with Crippen LogP contribution in [-0.2, 0) is 7.05 Å². The number of anilines is 2. The maximum Gasteiger partial charge on any atom is 0.573 e. The number of carbonyl (C=O) groups is 1. The Balaban J connectivity index is 1.41. The number of nitrogens with one attached hydrogen (secondary N) is 1. The van der Waals surface area contributed by atoms with E-state index >= 15 is 0 Å². The van der Waals surface area contributed by atoms with Crippen molar-refractivity contribution in [3.05, 3.63) is 59.8 Å². The lowest BCUT2D eigenvalue weighted by molar-refractivity contribution is -0.274. The number of piperazine rings is 1. The number of aromatic nitrogens is 6. The van der Waals surface area contributed by atoms with Gasteiger partial charge >= 0.3 is 6.36 Å². The molecule has 0 bridgehead atoms. The highest BCUT2D eigenvalue weighted by molar-refractivity contribution is 6.05. The van der Waals surface area contributed by atoms with Gasteiger partial charge in [-0.05, 0) is 39.1 Å². The van der Waals surface area contributed by atoms with E-state index in [1.54, 1.807) is 40.8 Å². The molecule has 1 aromatic carbocycles. The highest BCUT2D eigenvalue weighted by Crippen LogP contribution is 2.30. The van der Waals surface area contributed by atoms with Crippen LogP contribution in [0.2, 0.25) is 0 Å². The fourth-order valence-corrected chi connectivity index (χ4v) is 4.43. The van der Waals surface area contributed by atoms with E-state index in [0.29, 0.717) is 41.5 Å². The summed E-state index contributed by atoms with van der Waals surface area (Å²) in [4.78, 5) is 21.6. The molecule has 11 nitrogen and oxygen atoms in total. The lowest BCUT2D eigenvalue weighted by Gasteiger charge is -2.34. The number of hydrogen-bond acceptors (Lipinski definition) is 8. The zero-order chi connectivity index (χ0) is 28.6. The molecule has 0 saturated carbocycles. The van der Waals surface area contributed by atoms with Crippen LogP contribution in [0, 0.1) is 13.8 Å². The van der Waals surface area contributed by atoms with Gasteiger partial charge < -0.3 is 19.9 Å². The molecule has 5 rings (SSSR count). The first-order valence-corrected chi connectivity index (χ1v) is 12.5. The molecule has 14 heteroatoms. The summed E-state index contributed by atoms with van der Waals surface area (Å²) in [6.07, 6.45) is 0.0188. The SMILES string of the molecule is Cc1ncc(NC(=O)c2cc(OC(F)(F)F)cc(N3CCN(C)CC3)c2)cc1-n1cc(-c2cnn(C)c2C)nn1. The fourth-order valence-electron chi connectivity index (χ4n) is 4.43. The van der Waals surface area contributed by atoms with E-state index in [9.17, 15) is 18.0 Å². The highest BCUT2D eigenvalue weighted by atomic mass is 19.4. The van der Waals surface area contributed by atoms with Gasteiger partial charge in [-0.3, -0.25) is 14.5 Å². The number of nitrogens with zero attached hydrogens (tertiary/aromatic N) is 8. The van der Waals surface area contributed by atoms with Gasteiger partial charge in [0, 0.05) is 61.8 Å². The van der Waals surface area contributed by atoms with Crippen LogP contribution in [0.4, 0.5) is 24.5 Å². The standard InChI is InChI=1S/C26H28F3N9O2/c1-16-24(38-15-23(33-34-38)22-14-31-36(4)17(22)2)11-19(13-30-16)32-25(39)18-9-20(37-7-5-35(3)6-8-37)12-21(10-18)40-26(27,28)29/h9-15H,5-8H2,1-4H3,(H,32,39). The van der Waals surface area contributed by atoms with Crippen LogP contribution in [0.15, 0.2) is 42.9 Å². The molecule has 1 amide bonds. The molecule has 0 aliphatic carbocycles. The van der Waals surface area contributed by atoms with Crippen molar-refractivity contribution in [3.8, 4) is 22.7 Å². The largest absolute Gasteiger partial charge is 0.573 e. The Kier molecular flexibility index (Phi) is 7.19. The first-order chi connectivity index (χ1) is 19.0. The molecular weight excluding hydrogens is 527 g/mol. The van der Waals surface area contributed by atoms with Gasteiger partial charge in [-0.15, -0.1) is 18.3 Å². The minimum Gasteiger partial charge on any atom is -0.406 e. The maximum absolute atomic E-state index is 13.2. The Morgan fingerprint density at radius 2 is 1.77 bits per heavy atom. The number of pyridine rings is 1. The van der Waals surface area contributed by atoms with E-state index in [1.807, 2.05) is 25.9 Å². The molecule has 4 aromatic rings. The molecule has 3 aromatic heterocycles. The van der Waals surface area contributed by atoms with Crippen molar-refractivity contribution in [2.75, 3.05) is 43.4 Å². The maximum atomic E-state index is 13.2. The van der Waals surface area contributed by atoms with Crippen LogP contribution in [0.25, 0.3) is 16.9 Å². The number of alkyl halides is 3. The van der Waals surface area contributed by atoms with Gasteiger partial charge in [0.15, 0.2) is 0 Å².